The Morgan fingerprint density at radius 3 is 2.50 bits per heavy atom. The summed E-state index contributed by atoms with van der Waals surface area (Å²) in [5.41, 5.74) is 1.26. The Hall–Kier alpha value is -3.48. The second-order valence-corrected chi connectivity index (χ2v) is 6.31. The smallest absolute Gasteiger partial charge is 0.336 e. The Morgan fingerprint density at radius 2 is 1.86 bits per heavy atom. The summed E-state index contributed by atoms with van der Waals surface area (Å²) in [5.74, 6) is -3.14. The van der Waals surface area contributed by atoms with Gasteiger partial charge in [-0.1, -0.05) is 24.3 Å². The van der Waals surface area contributed by atoms with E-state index < -0.39 is 23.6 Å². The van der Waals surface area contributed by atoms with E-state index in [0.29, 0.717) is 11.4 Å². The predicted molar refractivity (Wildman–Crippen MR) is 102 cm³/mol. The molecule has 0 bridgehead atoms. The summed E-state index contributed by atoms with van der Waals surface area (Å²) < 4.78 is 18.2. The van der Waals surface area contributed by atoms with Crippen LogP contribution in [0.1, 0.15) is 13.3 Å². The minimum atomic E-state index is -1.04. The minimum Gasteiger partial charge on any atom is -0.466 e. The summed E-state index contributed by atoms with van der Waals surface area (Å²) in [4.78, 5) is 39.4. The number of esters is 1. The SMILES string of the molecule is COC(=O)C1=C(C)N(c2ccccc2)C(=O)C[C@@H]1C(=O)Nc1cccc(F)c1. The number of hydrogen-bond donors (Lipinski definition) is 1. The summed E-state index contributed by atoms with van der Waals surface area (Å²) in [6.07, 6.45) is -0.210. The lowest BCUT2D eigenvalue weighted by molar-refractivity contribution is -0.138. The van der Waals surface area contributed by atoms with Gasteiger partial charge in [-0.25, -0.2) is 9.18 Å². The van der Waals surface area contributed by atoms with Crippen molar-refractivity contribution in [1.29, 1.82) is 0 Å². The van der Waals surface area contributed by atoms with Crippen molar-refractivity contribution in [3.63, 3.8) is 0 Å². The molecule has 2 aromatic carbocycles. The van der Waals surface area contributed by atoms with Crippen LogP contribution in [0.5, 0.6) is 0 Å². The standard InChI is InChI=1S/C21H19FN2O4/c1-13-19(21(27)28-2)17(20(26)23-15-8-6-7-14(22)11-15)12-18(25)24(13)16-9-4-3-5-10-16/h3-11,17H,12H2,1-2H3,(H,23,26)/t17-/m0/s1. The topological polar surface area (TPSA) is 75.7 Å². The molecule has 0 aromatic heterocycles. The molecule has 3 rings (SSSR count). The maximum atomic E-state index is 13.4. The third-order valence-corrected chi connectivity index (χ3v) is 4.53. The summed E-state index contributed by atoms with van der Waals surface area (Å²) in [5, 5.41) is 2.57. The third-order valence-electron chi connectivity index (χ3n) is 4.53. The largest absolute Gasteiger partial charge is 0.466 e. The second-order valence-electron chi connectivity index (χ2n) is 6.31. The van der Waals surface area contributed by atoms with Gasteiger partial charge in [-0.15, -0.1) is 0 Å². The molecule has 1 aliphatic heterocycles. The Labute approximate surface area is 161 Å². The lowest BCUT2D eigenvalue weighted by Gasteiger charge is -2.33. The average Bonchev–Trinajstić information content (AvgIpc) is 2.68. The van der Waals surface area contributed by atoms with Gasteiger partial charge >= 0.3 is 5.97 Å². The van der Waals surface area contributed by atoms with Gasteiger partial charge in [0, 0.05) is 23.5 Å². The van der Waals surface area contributed by atoms with Crippen LogP contribution >= 0.6 is 0 Å². The fraction of sp³-hybridized carbons (Fsp3) is 0.190. The van der Waals surface area contributed by atoms with E-state index in [-0.39, 0.29) is 23.6 Å². The number of carbonyl (C=O) groups is 3. The number of carbonyl (C=O) groups excluding carboxylic acids is 3. The molecule has 1 N–H and O–H groups in total. The van der Waals surface area contributed by atoms with Gasteiger partial charge in [0.15, 0.2) is 0 Å². The number of nitrogens with one attached hydrogen (secondary N) is 1. The van der Waals surface area contributed by atoms with Crippen molar-refractivity contribution in [2.24, 2.45) is 5.92 Å². The van der Waals surface area contributed by atoms with Crippen LogP contribution < -0.4 is 10.2 Å². The number of methoxy groups -OCH3 is 1. The first-order chi connectivity index (χ1) is 13.4. The number of halogens is 1. The first-order valence-electron chi connectivity index (χ1n) is 8.66. The first-order valence-corrected chi connectivity index (χ1v) is 8.66. The van der Waals surface area contributed by atoms with Gasteiger partial charge in [0.1, 0.15) is 5.82 Å². The van der Waals surface area contributed by atoms with Gasteiger partial charge in [0.2, 0.25) is 11.8 Å². The number of allylic oxidation sites excluding steroid dienone is 1. The number of amides is 2. The minimum absolute atomic E-state index is 0.0971. The van der Waals surface area contributed by atoms with E-state index in [4.69, 9.17) is 4.74 Å². The molecular formula is C21H19FN2O4. The maximum absolute atomic E-state index is 13.4. The van der Waals surface area contributed by atoms with Crippen LogP contribution in [0.4, 0.5) is 15.8 Å². The zero-order valence-electron chi connectivity index (χ0n) is 15.4. The van der Waals surface area contributed by atoms with E-state index in [1.807, 2.05) is 6.07 Å². The monoisotopic (exact) mass is 382 g/mol. The van der Waals surface area contributed by atoms with E-state index in [2.05, 4.69) is 5.32 Å². The van der Waals surface area contributed by atoms with Crippen molar-refractivity contribution in [2.75, 3.05) is 17.3 Å². The summed E-state index contributed by atoms with van der Waals surface area (Å²) in [6, 6.07) is 14.2. The third kappa shape index (κ3) is 3.78. The highest BCUT2D eigenvalue weighted by molar-refractivity contribution is 6.10. The highest BCUT2D eigenvalue weighted by Gasteiger charge is 2.40. The summed E-state index contributed by atoms with van der Waals surface area (Å²) >= 11 is 0. The molecule has 0 saturated heterocycles. The number of rotatable bonds is 4. The number of nitrogens with zero attached hydrogens (tertiary/aromatic N) is 1. The molecule has 144 valence electrons. The molecule has 2 aromatic rings. The van der Waals surface area contributed by atoms with Crippen molar-refractivity contribution in [3.05, 3.63) is 71.7 Å². The van der Waals surface area contributed by atoms with Gasteiger partial charge in [-0.3, -0.25) is 14.5 Å². The van der Waals surface area contributed by atoms with E-state index in [1.165, 1.54) is 30.2 Å². The van der Waals surface area contributed by atoms with Crippen LogP contribution in [0.25, 0.3) is 0 Å². The predicted octanol–water partition coefficient (Wildman–Crippen LogP) is 3.26. The highest BCUT2D eigenvalue weighted by Crippen LogP contribution is 2.34. The van der Waals surface area contributed by atoms with E-state index in [0.717, 1.165) is 6.07 Å². The Balaban J connectivity index is 1.99. The summed E-state index contributed by atoms with van der Waals surface area (Å²) in [7, 11) is 1.22. The fourth-order valence-electron chi connectivity index (χ4n) is 3.26. The normalized spacial score (nSPS) is 16.8. The first kappa shape index (κ1) is 19.3. The number of hydrogen-bond acceptors (Lipinski definition) is 4. The van der Waals surface area contributed by atoms with Crippen molar-refractivity contribution in [2.45, 2.75) is 13.3 Å². The molecule has 7 heteroatoms. The van der Waals surface area contributed by atoms with Crippen LogP contribution in [0, 0.1) is 11.7 Å². The summed E-state index contributed by atoms with van der Waals surface area (Å²) in [6.45, 7) is 1.60. The molecule has 1 atom stereocenters. The molecular weight excluding hydrogens is 363 g/mol. The van der Waals surface area contributed by atoms with E-state index in [9.17, 15) is 18.8 Å². The quantitative estimate of drug-likeness (QED) is 0.824. The lowest BCUT2D eigenvalue weighted by atomic mass is 9.88. The molecule has 0 aliphatic carbocycles. The van der Waals surface area contributed by atoms with Crippen LogP contribution in [0.2, 0.25) is 0 Å². The Morgan fingerprint density at radius 1 is 1.14 bits per heavy atom. The number of ether oxygens (including phenoxy) is 1. The molecule has 0 unspecified atom stereocenters. The lowest BCUT2D eigenvalue weighted by Crippen LogP contribution is -2.43. The van der Waals surface area contributed by atoms with Gasteiger partial charge in [0.25, 0.3) is 0 Å². The number of anilines is 2. The molecule has 1 heterocycles. The van der Waals surface area contributed by atoms with Gasteiger partial charge < -0.3 is 10.1 Å². The van der Waals surface area contributed by atoms with Crippen LogP contribution in [0.15, 0.2) is 65.9 Å². The zero-order valence-corrected chi connectivity index (χ0v) is 15.4. The molecule has 0 radical (unpaired) electrons. The Bertz CT molecular complexity index is 956. The average molecular weight is 382 g/mol. The van der Waals surface area contributed by atoms with Crippen LogP contribution in [-0.4, -0.2) is 24.9 Å². The van der Waals surface area contributed by atoms with E-state index >= 15 is 0 Å². The van der Waals surface area contributed by atoms with Crippen molar-refractivity contribution in [1.82, 2.24) is 0 Å². The van der Waals surface area contributed by atoms with Crippen molar-refractivity contribution in [3.8, 4) is 0 Å². The zero-order chi connectivity index (χ0) is 20.3. The molecule has 28 heavy (non-hydrogen) atoms. The number of para-hydroxylation sites is 1. The van der Waals surface area contributed by atoms with Crippen LogP contribution in [-0.2, 0) is 19.1 Å². The van der Waals surface area contributed by atoms with Crippen molar-refractivity contribution < 1.29 is 23.5 Å². The highest BCUT2D eigenvalue weighted by atomic mass is 19.1. The second kappa shape index (κ2) is 8.04. The molecule has 2 amide bonds. The molecule has 0 saturated carbocycles. The molecule has 6 nitrogen and oxygen atoms in total. The molecule has 0 fully saturated rings. The van der Waals surface area contributed by atoms with Crippen LogP contribution in [0.3, 0.4) is 0 Å². The van der Waals surface area contributed by atoms with E-state index in [1.54, 1.807) is 31.2 Å². The fourth-order valence-corrected chi connectivity index (χ4v) is 3.26. The van der Waals surface area contributed by atoms with Gasteiger partial charge in [0.05, 0.1) is 18.6 Å². The van der Waals surface area contributed by atoms with Gasteiger partial charge in [-0.2, -0.15) is 0 Å². The molecule has 0 spiro atoms. The maximum Gasteiger partial charge on any atom is 0.336 e. The molecule has 1 aliphatic rings. The Kier molecular flexibility index (Phi) is 5.54. The van der Waals surface area contributed by atoms with Crippen molar-refractivity contribution >= 4 is 29.2 Å². The van der Waals surface area contributed by atoms with Gasteiger partial charge in [-0.05, 0) is 37.3 Å². The number of benzene rings is 2.